The third-order valence-electron chi connectivity index (χ3n) is 3.59. The van der Waals surface area contributed by atoms with E-state index in [0.29, 0.717) is 6.54 Å². The third kappa shape index (κ3) is 13.4. The monoisotopic (exact) mass is 285 g/mol. The summed E-state index contributed by atoms with van der Waals surface area (Å²) in [7, 11) is 0. The number of rotatable bonds is 13. The van der Waals surface area contributed by atoms with E-state index in [-0.39, 0.29) is 18.2 Å². The summed E-state index contributed by atoms with van der Waals surface area (Å²) in [4.78, 5) is 21.6. The van der Waals surface area contributed by atoms with E-state index in [4.69, 9.17) is 5.11 Å². The van der Waals surface area contributed by atoms with Crippen LogP contribution < -0.4 is 5.32 Å². The molecule has 20 heavy (non-hydrogen) atoms. The number of carboxylic acid groups (broad SMARTS) is 1. The summed E-state index contributed by atoms with van der Waals surface area (Å²) in [5.74, 6) is -0.469. The summed E-state index contributed by atoms with van der Waals surface area (Å²) < 4.78 is 0. The molecule has 2 N–H and O–H groups in total. The van der Waals surface area contributed by atoms with Crippen LogP contribution in [0, 0.1) is 5.92 Å². The van der Waals surface area contributed by atoms with Gasteiger partial charge < -0.3 is 10.4 Å². The predicted octanol–water partition coefficient (Wildman–Crippen LogP) is 3.74. The van der Waals surface area contributed by atoms with Gasteiger partial charge in [-0.2, -0.15) is 0 Å². The Bertz CT molecular complexity index is 266. The lowest BCUT2D eigenvalue weighted by Crippen LogP contribution is -2.21. The van der Waals surface area contributed by atoms with Crippen LogP contribution in [-0.4, -0.2) is 23.5 Å². The van der Waals surface area contributed by atoms with Crippen molar-refractivity contribution in [1.82, 2.24) is 5.32 Å². The number of hydrogen-bond acceptors (Lipinski definition) is 2. The highest BCUT2D eigenvalue weighted by Gasteiger charge is 2.12. The molecule has 0 aromatic heterocycles. The summed E-state index contributed by atoms with van der Waals surface area (Å²) in [5, 5.41) is 11.7. The molecule has 0 fully saturated rings. The van der Waals surface area contributed by atoms with Crippen molar-refractivity contribution in [3.05, 3.63) is 0 Å². The molecule has 0 aliphatic carbocycles. The van der Waals surface area contributed by atoms with E-state index in [2.05, 4.69) is 12.2 Å². The molecule has 0 saturated carbocycles. The molecule has 0 aliphatic rings. The smallest absolute Gasteiger partial charge is 0.303 e. The Balaban J connectivity index is 3.73. The molecule has 1 amide bonds. The Hall–Kier alpha value is -1.06. The Morgan fingerprint density at radius 3 is 2.20 bits per heavy atom. The van der Waals surface area contributed by atoms with Crippen LogP contribution in [0.5, 0.6) is 0 Å². The molecule has 0 heterocycles. The van der Waals surface area contributed by atoms with Gasteiger partial charge in [0.2, 0.25) is 5.91 Å². The van der Waals surface area contributed by atoms with Crippen LogP contribution in [0.2, 0.25) is 0 Å². The first-order valence-corrected chi connectivity index (χ1v) is 8.02. The van der Waals surface area contributed by atoms with Crippen LogP contribution in [-0.2, 0) is 9.59 Å². The van der Waals surface area contributed by atoms with E-state index >= 15 is 0 Å². The molecule has 0 bridgehead atoms. The van der Waals surface area contributed by atoms with Gasteiger partial charge in [-0.25, -0.2) is 0 Å². The minimum Gasteiger partial charge on any atom is -0.481 e. The lowest BCUT2D eigenvalue weighted by atomic mass is 9.92. The Labute approximate surface area is 123 Å². The lowest BCUT2D eigenvalue weighted by Gasteiger charge is -2.14. The molecule has 4 nitrogen and oxygen atoms in total. The molecule has 0 spiro atoms. The van der Waals surface area contributed by atoms with E-state index in [1.165, 1.54) is 39.0 Å². The maximum absolute atomic E-state index is 10.9. The van der Waals surface area contributed by atoms with Crippen LogP contribution in [0.4, 0.5) is 0 Å². The van der Waals surface area contributed by atoms with Gasteiger partial charge in [-0.15, -0.1) is 0 Å². The van der Waals surface area contributed by atoms with E-state index in [0.717, 1.165) is 25.7 Å². The molecule has 1 atom stereocenters. The predicted molar refractivity (Wildman–Crippen MR) is 81.7 cm³/mol. The van der Waals surface area contributed by atoms with Crippen LogP contribution >= 0.6 is 0 Å². The van der Waals surface area contributed by atoms with Gasteiger partial charge in [0.15, 0.2) is 0 Å². The molecule has 0 aliphatic heterocycles. The summed E-state index contributed by atoms with van der Waals surface area (Å²) in [6.45, 7) is 4.37. The van der Waals surface area contributed by atoms with E-state index in [9.17, 15) is 9.59 Å². The van der Waals surface area contributed by atoms with Gasteiger partial charge in [0.1, 0.15) is 0 Å². The van der Waals surface area contributed by atoms with E-state index in [1.807, 2.05) is 0 Å². The van der Waals surface area contributed by atoms with Gasteiger partial charge in [0, 0.05) is 19.9 Å². The second kappa shape index (κ2) is 12.9. The zero-order chi connectivity index (χ0) is 15.2. The maximum Gasteiger partial charge on any atom is 0.303 e. The zero-order valence-electron chi connectivity index (χ0n) is 13.1. The molecular weight excluding hydrogens is 254 g/mol. The fourth-order valence-corrected chi connectivity index (χ4v) is 2.46. The van der Waals surface area contributed by atoms with Gasteiger partial charge >= 0.3 is 5.97 Å². The van der Waals surface area contributed by atoms with Crippen molar-refractivity contribution < 1.29 is 14.7 Å². The Morgan fingerprint density at radius 1 is 1.00 bits per heavy atom. The zero-order valence-corrected chi connectivity index (χ0v) is 13.1. The highest BCUT2D eigenvalue weighted by Crippen LogP contribution is 2.20. The molecule has 0 saturated heterocycles. The van der Waals surface area contributed by atoms with Crippen molar-refractivity contribution >= 4 is 11.9 Å². The summed E-state index contributed by atoms with van der Waals surface area (Å²) in [6.07, 6.45) is 10.5. The summed E-state index contributed by atoms with van der Waals surface area (Å²) >= 11 is 0. The number of carboxylic acids is 1. The van der Waals surface area contributed by atoms with E-state index < -0.39 is 5.97 Å². The second-order valence-electron chi connectivity index (χ2n) is 5.65. The number of carbonyl (C=O) groups excluding carboxylic acids is 1. The summed E-state index contributed by atoms with van der Waals surface area (Å²) in [6, 6.07) is 0. The normalized spacial score (nSPS) is 12.1. The maximum atomic E-state index is 10.9. The van der Waals surface area contributed by atoms with Gasteiger partial charge in [0.25, 0.3) is 0 Å². The highest BCUT2D eigenvalue weighted by molar-refractivity contribution is 5.72. The number of hydrogen-bond donors (Lipinski definition) is 2. The van der Waals surface area contributed by atoms with Crippen molar-refractivity contribution in [3.8, 4) is 0 Å². The molecule has 118 valence electrons. The fourth-order valence-electron chi connectivity index (χ4n) is 2.46. The second-order valence-corrected chi connectivity index (χ2v) is 5.65. The van der Waals surface area contributed by atoms with Crippen molar-refractivity contribution in [2.24, 2.45) is 5.92 Å². The highest BCUT2D eigenvalue weighted by atomic mass is 16.4. The number of amides is 1. The first-order chi connectivity index (χ1) is 9.56. The van der Waals surface area contributed by atoms with Gasteiger partial charge in [-0.1, -0.05) is 45.4 Å². The molecule has 0 radical (unpaired) electrons. The summed E-state index contributed by atoms with van der Waals surface area (Å²) in [5.41, 5.74) is 0. The third-order valence-corrected chi connectivity index (χ3v) is 3.59. The molecular formula is C16H31NO3. The van der Waals surface area contributed by atoms with Gasteiger partial charge in [0.05, 0.1) is 0 Å². The van der Waals surface area contributed by atoms with E-state index in [1.54, 1.807) is 0 Å². The largest absolute Gasteiger partial charge is 0.481 e. The fraction of sp³-hybridized carbons (Fsp3) is 0.875. The SMILES string of the molecule is CCCCCCCCC(CCCNC(C)=O)CC(=O)O. The molecule has 1 unspecified atom stereocenters. The first kappa shape index (κ1) is 18.9. The number of aliphatic carboxylic acids is 1. The van der Waals surface area contributed by atoms with Crippen molar-refractivity contribution in [2.75, 3.05) is 6.54 Å². The minimum atomic E-state index is -0.708. The van der Waals surface area contributed by atoms with Gasteiger partial charge in [-0.3, -0.25) is 9.59 Å². The van der Waals surface area contributed by atoms with Crippen LogP contribution in [0.25, 0.3) is 0 Å². The van der Waals surface area contributed by atoms with Crippen LogP contribution in [0.15, 0.2) is 0 Å². The topological polar surface area (TPSA) is 66.4 Å². The molecule has 0 rings (SSSR count). The minimum absolute atomic E-state index is 0.0179. The average Bonchev–Trinajstić information content (AvgIpc) is 2.37. The lowest BCUT2D eigenvalue weighted by molar-refractivity contribution is -0.138. The van der Waals surface area contributed by atoms with Crippen LogP contribution in [0.3, 0.4) is 0 Å². The number of unbranched alkanes of at least 4 members (excludes halogenated alkanes) is 5. The molecule has 4 heteroatoms. The van der Waals surface area contributed by atoms with Crippen molar-refractivity contribution in [3.63, 3.8) is 0 Å². The number of carbonyl (C=O) groups is 2. The Kier molecular flexibility index (Phi) is 12.3. The quantitative estimate of drug-likeness (QED) is 0.506. The van der Waals surface area contributed by atoms with Crippen LogP contribution in [0.1, 0.15) is 78.1 Å². The van der Waals surface area contributed by atoms with Crippen molar-refractivity contribution in [1.29, 1.82) is 0 Å². The average molecular weight is 285 g/mol. The van der Waals surface area contributed by atoms with Crippen molar-refractivity contribution in [2.45, 2.75) is 78.1 Å². The number of nitrogens with one attached hydrogen (secondary N) is 1. The molecule has 0 aromatic carbocycles. The Morgan fingerprint density at radius 2 is 1.60 bits per heavy atom. The first-order valence-electron chi connectivity index (χ1n) is 8.02. The van der Waals surface area contributed by atoms with Gasteiger partial charge in [-0.05, 0) is 25.2 Å². The molecule has 0 aromatic rings. The standard InChI is InChI=1S/C16H31NO3/c1-3-4-5-6-7-8-10-15(13-16(19)20)11-9-12-17-14(2)18/h15H,3-13H2,1-2H3,(H,17,18)(H,19,20).